The largest absolute Gasteiger partial charge is 0.337 e. The van der Waals surface area contributed by atoms with Crippen molar-refractivity contribution in [3.63, 3.8) is 0 Å². The standard InChI is InChI=1S/C10H12F2N2O3S/c1-18(16,17)5-4-13-10(15)14-9-3-2-7(11)6-8(9)12/h2-3,6H,4-5H2,1H3,(H2,13,14,15). The van der Waals surface area contributed by atoms with Crippen LogP contribution in [0.3, 0.4) is 0 Å². The summed E-state index contributed by atoms with van der Waals surface area (Å²) < 4.78 is 47.3. The second-order valence-corrected chi connectivity index (χ2v) is 5.89. The van der Waals surface area contributed by atoms with Gasteiger partial charge in [-0.3, -0.25) is 0 Å². The molecular weight excluding hydrogens is 266 g/mol. The van der Waals surface area contributed by atoms with Crippen LogP contribution in [0.5, 0.6) is 0 Å². The molecule has 0 aliphatic rings. The van der Waals surface area contributed by atoms with Crippen LogP contribution in [0.2, 0.25) is 0 Å². The monoisotopic (exact) mass is 278 g/mol. The highest BCUT2D eigenvalue weighted by Gasteiger charge is 2.08. The third-order valence-electron chi connectivity index (χ3n) is 1.94. The van der Waals surface area contributed by atoms with E-state index in [9.17, 15) is 22.0 Å². The van der Waals surface area contributed by atoms with Crippen LogP contribution in [0.4, 0.5) is 19.3 Å². The van der Waals surface area contributed by atoms with Crippen molar-refractivity contribution in [2.75, 3.05) is 23.9 Å². The molecule has 1 aromatic carbocycles. The van der Waals surface area contributed by atoms with Crippen LogP contribution in [0.25, 0.3) is 0 Å². The van der Waals surface area contributed by atoms with Gasteiger partial charge in [0, 0.05) is 18.9 Å². The van der Waals surface area contributed by atoms with E-state index in [0.717, 1.165) is 18.4 Å². The lowest BCUT2D eigenvalue weighted by Crippen LogP contribution is -2.32. The van der Waals surface area contributed by atoms with Crippen LogP contribution >= 0.6 is 0 Å². The SMILES string of the molecule is CS(=O)(=O)CCNC(=O)Nc1ccc(F)cc1F. The van der Waals surface area contributed by atoms with Crippen molar-refractivity contribution in [1.82, 2.24) is 5.32 Å². The maximum atomic E-state index is 13.1. The predicted molar refractivity (Wildman–Crippen MR) is 63.1 cm³/mol. The molecule has 0 aliphatic carbocycles. The summed E-state index contributed by atoms with van der Waals surface area (Å²) in [5.41, 5.74) is -0.187. The van der Waals surface area contributed by atoms with Crippen LogP contribution < -0.4 is 10.6 Å². The van der Waals surface area contributed by atoms with Crippen molar-refractivity contribution in [1.29, 1.82) is 0 Å². The molecule has 0 unspecified atom stereocenters. The van der Waals surface area contributed by atoms with Crippen LogP contribution in [0.1, 0.15) is 0 Å². The minimum Gasteiger partial charge on any atom is -0.337 e. The molecule has 2 N–H and O–H groups in total. The molecule has 0 saturated carbocycles. The van der Waals surface area contributed by atoms with Gasteiger partial charge in [0.1, 0.15) is 21.5 Å². The molecule has 0 fully saturated rings. The van der Waals surface area contributed by atoms with E-state index < -0.39 is 27.5 Å². The van der Waals surface area contributed by atoms with Gasteiger partial charge in [0.15, 0.2) is 0 Å². The lowest BCUT2D eigenvalue weighted by molar-refractivity contribution is 0.252. The van der Waals surface area contributed by atoms with E-state index in [-0.39, 0.29) is 18.0 Å². The molecule has 0 aliphatic heterocycles. The number of amides is 2. The summed E-state index contributed by atoms with van der Waals surface area (Å²) in [5.74, 6) is -1.88. The van der Waals surface area contributed by atoms with Gasteiger partial charge in [0.25, 0.3) is 0 Å². The molecule has 0 saturated heterocycles. The van der Waals surface area contributed by atoms with Crippen molar-refractivity contribution in [3.05, 3.63) is 29.8 Å². The maximum Gasteiger partial charge on any atom is 0.319 e. The first-order valence-corrected chi connectivity index (χ1v) is 7.01. The fourth-order valence-electron chi connectivity index (χ4n) is 1.11. The molecule has 1 aromatic rings. The Labute approximate surface area is 103 Å². The van der Waals surface area contributed by atoms with Crippen LogP contribution in [-0.2, 0) is 9.84 Å². The van der Waals surface area contributed by atoms with E-state index in [1.165, 1.54) is 0 Å². The number of carbonyl (C=O) groups is 1. The first-order chi connectivity index (χ1) is 8.28. The molecule has 100 valence electrons. The minimum absolute atomic E-state index is 0.0898. The summed E-state index contributed by atoms with van der Waals surface area (Å²) in [5, 5.41) is 4.38. The number of halogens is 2. The van der Waals surface area contributed by atoms with Crippen molar-refractivity contribution >= 4 is 21.6 Å². The molecule has 5 nitrogen and oxygen atoms in total. The van der Waals surface area contributed by atoms with Crippen molar-refractivity contribution in [3.8, 4) is 0 Å². The molecule has 0 atom stereocenters. The summed E-state index contributed by atoms with van der Waals surface area (Å²) in [4.78, 5) is 11.3. The fourth-order valence-corrected chi connectivity index (χ4v) is 1.58. The minimum atomic E-state index is -3.17. The quantitative estimate of drug-likeness (QED) is 0.867. The molecule has 0 radical (unpaired) electrons. The fraction of sp³-hybridized carbons (Fsp3) is 0.300. The Bertz CT molecular complexity index is 546. The number of sulfone groups is 1. The zero-order valence-corrected chi connectivity index (χ0v) is 10.4. The van der Waals surface area contributed by atoms with E-state index in [1.54, 1.807) is 0 Å². The highest BCUT2D eigenvalue weighted by Crippen LogP contribution is 2.14. The highest BCUT2D eigenvalue weighted by molar-refractivity contribution is 7.90. The van der Waals surface area contributed by atoms with E-state index in [0.29, 0.717) is 6.07 Å². The van der Waals surface area contributed by atoms with E-state index >= 15 is 0 Å². The Morgan fingerprint density at radius 2 is 2.00 bits per heavy atom. The highest BCUT2D eigenvalue weighted by atomic mass is 32.2. The summed E-state index contributed by atoms with van der Waals surface area (Å²) in [6.45, 7) is -0.0898. The first-order valence-electron chi connectivity index (χ1n) is 4.95. The summed E-state index contributed by atoms with van der Waals surface area (Å²) in [6, 6.07) is 1.94. The Hall–Kier alpha value is -1.70. The molecule has 0 spiro atoms. The van der Waals surface area contributed by atoms with Crippen LogP contribution in [-0.4, -0.2) is 33.0 Å². The third-order valence-corrected chi connectivity index (χ3v) is 2.88. The van der Waals surface area contributed by atoms with Gasteiger partial charge in [-0.1, -0.05) is 0 Å². The average Bonchev–Trinajstić information content (AvgIpc) is 2.20. The summed E-state index contributed by atoms with van der Waals surface area (Å²) in [7, 11) is -3.17. The van der Waals surface area contributed by atoms with Gasteiger partial charge in [-0.25, -0.2) is 22.0 Å². The zero-order chi connectivity index (χ0) is 13.8. The van der Waals surface area contributed by atoms with Crippen molar-refractivity contribution in [2.45, 2.75) is 0 Å². The average molecular weight is 278 g/mol. The van der Waals surface area contributed by atoms with E-state index in [1.807, 2.05) is 0 Å². The van der Waals surface area contributed by atoms with Crippen LogP contribution in [0.15, 0.2) is 18.2 Å². The number of hydrogen-bond acceptors (Lipinski definition) is 3. The van der Waals surface area contributed by atoms with Gasteiger partial charge >= 0.3 is 6.03 Å². The smallest absolute Gasteiger partial charge is 0.319 e. The Kier molecular flexibility index (Phi) is 4.60. The van der Waals surface area contributed by atoms with E-state index in [4.69, 9.17) is 0 Å². The number of hydrogen-bond donors (Lipinski definition) is 2. The van der Waals surface area contributed by atoms with Gasteiger partial charge in [0.2, 0.25) is 0 Å². The summed E-state index contributed by atoms with van der Waals surface area (Å²) >= 11 is 0. The van der Waals surface area contributed by atoms with Crippen molar-refractivity contribution < 1.29 is 22.0 Å². The second-order valence-electron chi connectivity index (χ2n) is 3.63. The Morgan fingerprint density at radius 1 is 1.33 bits per heavy atom. The molecule has 1 rings (SSSR count). The van der Waals surface area contributed by atoms with Gasteiger partial charge in [0.05, 0.1) is 11.4 Å². The molecule has 2 amide bonds. The number of urea groups is 1. The molecule has 0 bridgehead atoms. The molecule has 0 heterocycles. The number of benzene rings is 1. The number of carbonyl (C=O) groups excluding carboxylic acids is 1. The van der Waals surface area contributed by atoms with Gasteiger partial charge in [-0.15, -0.1) is 0 Å². The Morgan fingerprint density at radius 3 is 2.56 bits per heavy atom. The number of rotatable bonds is 4. The lowest BCUT2D eigenvalue weighted by atomic mass is 10.3. The van der Waals surface area contributed by atoms with Gasteiger partial charge < -0.3 is 10.6 Å². The maximum absolute atomic E-state index is 13.1. The van der Waals surface area contributed by atoms with Gasteiger partial charge in [-0.05, 0) is 12.1 Å². The van der Waals surface area contributed by atoms with E-state index in [2.05, 4.69) is 10.6 Å². The van der Waals surface area contributed by atoms with Gasteiger partial charge in [-0.2, -0.15) is 0 Å². The van der Waals surface area contributed by atoms with Crippen LogP contribution in [0, 0.1) is 11.6 Å². The molecule has 8 heteroatoms. The molecular formula is C10H12F2N2O3S. The molecule has 0 aromatic heterocycles. The zero-order valence-electron chi connectivity index (χ0n) is 9.54. The second kappa shape index (κ2) is 5.76. The first kappa shape index (κ1) is 14.4. The topological polar surface area (TPSA) is 75.3 Å². The number of anilines is 1. The summed E-state index contributed by atoms with van der Waals surface area (Å²) in [6.07, 6.45) is 1.03. The third kappa shape index (κ3) is 5.09. The Balaban J connectivity index is 2.50. The normalized spacial score (nSPS) is 11.1. The van der Waals surface area contributed by atoms with Crippen molar-refractivity contribution in [2.24, 2.45) is 0 Å². The predicted octanol–water partition coefficient (Wildman–Crippen LogP) is 1.13. The lowest BCUT2D eigenvalue weighted by Gasteiger charge is -2.07. The number of nitrogens with one attached hydrogen (secondary N) is 2. The molecule has 18 heavy (non-hydrogen) atoms.